The number of esters is 2. The highest BCUT2D eigenvalue weighted by molar-refractivity contribution is 7.52. The number of nitrogen functional groups attached to an aromatic ring is 2. The number of nitrogens with one attached hydrogen (secondary N) is 2. The number of halogens is 1. The molecule has 0 bridgehead atoms. The van der Waals surface area contributed by atoms with Gasteiger partial charge in [0.25, 0.3) is 0 Å². The van der Waals surface area contributed by atoms with E-state index in [0.717, 1.165) is 27.2 Å². The van der Waals surface area contributed by atoms with E-state index in [1.807, 2.05) is 110 Å². The first-order chi connectivity index (χ1) is 41.7. The fourth-order valence-corrected chi connectivity index (χ4v) is 13.4. The van der Waals surface area contributed by atoms with Crippen LogP contribution in [0.3, 0.4) is 0 Å². The number of imidazole rings is 2. The molecule has 7 atom stereocenters. The van der Waals surface area contributed by atoms with Crippen LogP contribution in [0.15, 0.2) is 109 Å². The van der Waals surface area contributed by atoms with Crippen molar-refractivity contribution in [2.75, 3.05) is 37.9 Å². The fraction of sp³-hybridized carbons (Fsp3) is 0.387. The zero-order valence-corrected chi connectivity index (χ0v) is 52.8. The molecule has 4 heterocycles. The molecule has 462 valence electrons. The van der Waals surface area contributed by atoms with Gasteiger partial charge in [-0.2, -0.15) is 10.2 Å². The average Bonchev–Trinajstić information content (AvgIpc) is 1.68. The number of hydrogen-bond donors (Lipinski definition) is 4. The van der Waals surface area contributed by atoms with Crippen LogP contribution in [0.4, 0.5) is 11.6 Å². The second kappa shape index (κ2) is 28.3. The van der Waals surface area contributed by atoms with Crippen molar-refractivity contribution in [1.82, 2.24) is 39.2 Å². The molecule has 9 rings (SSSR count). The van der Waals surface area contributed by atoms with Gasteiger partial charge in [0.1, 0.15) is 65.6 Å². The Labute approximate surface area is 510 Å². The zero-order chi connectivity index (χ0) is 62.2. The van der Waals surface area contributed by atoms with Crippen LogP contribution in [0.1, 0.15) is 104 Å². The molecule has 0 fully saturated rings. The maximum atomic E-state index is 15.3. The lowest BCUT2D eigenvalue weighted by Gasteiger charge is -2.27. The molecule has 1 unspecified atom stereocenters. The first-order valence-electron chi connectivity index (χ1n) is 29.1. The molecule has 0 radical (unpaired) electrons. The van der Waals surface area contributed by atoms with Crippen molar-refractivity contribution in [2.24, 2.45) is 0 Å². The van der Waals surface area contributed by atoms with E-state index in [2.05, 4.69) is 15.2 Å². The normalized spacial score (nSPS) is 15.1. The number of pyridine rings is 2. The summed E-state index contributed by atoms with van der Waals surface area (Å²) in [5.41, 5.74) is 17.5. The van der Waals surface area contributed by atoms with Crippen LogP contribution < -0.4 is 30.7 Å². The molecule has 6 N–H and O–H groups in total. The van der Waals surface area contributed by atoms with Gasteiger partial charge in [-0.1, -0.05) is 86.1 Å². The number of carbonyl (C=O) groups is 2. The topological polar surface area (TPSA) is 280 Å². The minimum absolute atomic E-state index is 0.104. The summed E-state index contributed by atoms with van der Waals surface area (Å²) in [6.45, 7) is 16.7. The van der Waals surface area contributed by atoms with Gasteiger partial charge < -0.3 is 48.6 Å². The van der Waals surface area contributed by atoms with Crippen LogP contribution in [0.25, 0.3) is 54.6 Å². The molecule has 0 aliphatic carbocycles. The molecule has 4 aromatic heterocycles. The van der Waals surface area contributed by atoms with Gasteiger partial charge in [-0.15, -0.1) is 0 Å². The smallest absolute Gasteiger partial charge is 0.459 e. The monoisotopic (exact) mass is 1250 g/mol. The van der Waals surface area contributed by atoms with Crippen molar-refractivity contribution in [3.8, 4) is 11.5 Å². The summed E-state index contributed by atoms with van der Waals surface area (Å²) in [6.07, 6.45) is 0.0998. The van der Waals surface area contributed by atoms with Crippen LogP contribution in [0.5, 0.6) is 11.5 Å². The molecule has 87 heavy (non-hydrogen) atoms. The number of nitrogens with two attached hydrogens (primary N) is 2. The number of hydrogen-bond acceptors (Lipinski definition) is 18. The maximum Gasteiger partial charge on any atom is 0.459 e. The molecule has 22 nitrogen and oxygen atoms in total. The van der Waals surface area contributed by atoms with E-state index in [1.54, 1.807) is 57.2 Å². The summed E-state index contributed by atoms with van der Waals surface area (Å²) in [5.74, 6) is 0.609. The van der Waals surface area contributed by atoms with Crippen LogP contribution in [-0.4, -0.2) is 91.7 Å². The number of rotatable bonds is 30. The van der Waals surface area contributed by atoms with Crippen LogP contribution >= 0.6 is 27.1 Å². The number of anilines is 2. The van der Waals surface area contributed by atoms with Crippen molar-refractivity contribution >= 4 is 105 Å². The first kappa shape index (κ1) is 64.2. The van der Waals surface area contributed by atoms with E-state index < -0.39 is 63.8 Å². The van der Waals surface area contributed by atoms with Gasteiger partial charge in [0, 0.05) is 35.4 Å². The summed E-state index contributed by atoms with van der Waals surface area (Å²) >= 11 is 6.15. The minimum Gasteiger partial charge on any atom is -0.462 e. The Morgan fingerprint density at radius 1 is 0.586 bits per heavy atom. The van der Waals surface area contributed by atoms with Crippen molar-refractivity contribution < 1.29 is 55.8 Å². The van der Waals surface area contributed by atoms with Crippen molar-refractivity contribution in [3.63, 3.8) is 0 Å². The Morgan fingerprint density at radius 2 is 1.09 bits per heavy atom. The van der Waals surface area contributed by atoms with E-state index >= 15 is 4.57 Å². The molecular weight excluding hydrogens is 1170 g/mol. The number of ether oxygens (including phenoxy) is 4. The Balaban J connectivity index is 0.955. The molecule has 0 saturated carbocycles. The number of para-hydroxylation sites is 1. The summed E-state index contributed by atoms with van der Waals surface area (Å²) in [5, 5.41) is 9.40. The third kappa shape index (κ3) is 15.2. The number of carbonyl (C=O) groups excluding carboxylic acids is 2. The van der Waals surface area contributed by atoms with Crippen molar-refractivity contribution in [2.45, 2.75) is 131 Å². The van der Waals surface area contributed by atoms with E-state index in [9.17, 15) is 14.2 Å². The van der Waals surface area contributed by atoms with Gasteiger partial charge in [0.2, 0.25) is 0 Å². The number of aromatic nitrogens is 6. The quantitative estimate of drug-likeness (QED) is 0.0240. The summed E-state index contributed by atoms with van der Waals surface area (Å²) < 4.78 is 82.1. The average molecular weight is 1250 g/mol. The van der Waals surface area contributed by atoms with E-state index in [0.29, 0.717) is 75.7 Å². The molecule has 0 aliphatic rings. The largest absolute Gasteiger partial charge is 0.462 e. The van der Waals surface area contributed by atoms with Gasteiger partial charge in [-0.25, -0.2) is 29.1 Å². The van der Waals surface area contributed by atoms with Gasteiger partial charge in [-0.3, -0.25) is 18.6 Å². The van der Waals surface area contributed by atoms with E-state index in [1.165, 1.54) is 13.8 Å². The Morgan fingerprint density at radius 3 is 1.66 bits per heavy atom. The van der Waals surface area contributed by atoms with Crippen LogP contribution in [-0.2, 0) is 66.3 Å². The maximum absolute atomic E-state index is 15.3. The molecular formula is C62H75ClN10O12P2. The highest BCUT2D eigenvalue weighted by atomic mass is 35.5. The standard InChI is InChI=1S/C62H75ClN10O12P2/c1-10-45(72-53(35-78-12-3)68-55-57(72)49-20-16-17-21-51(49)66-59(55)64)34-81-87(77,85-48-26-23-42-18-14-15-19-43(42)32-48)71-40(9)62(75)83-38(7)30-41-22-29-50-52(31-41)67-60(65)56-58(50)73(54(69-56)36-79-13-4)46(11-2)33-80-86(76,70-39(8)61(74)82-37(5)6)84-47-27-24-44(63)25-28-47/h14-29,31-32,37-40,45-46H,10-13,30,33-36H2,1-9H3,(H2,64,66)(H2,65,67)(H,70,76)(H,71,77)/t38?,39-,40-,45-,46+,86-,87-/m0/s1. The lowest BCUT2D eigenvalue weighted by Crippen LogP contribution is -2.37. The molecule has 0 aliphatic heterocycles. The van der Waals surface area contributed by atoms with Crippen LogP contribution in [0.2, 0.25) is 5.02 Å². The fourth-order valence-electron chi connectivity index (χ4n) is 10.2. The van der Waals surface area contributed by atoms with Crippen molar-refractivity contribution in [3.05, 3.63) is 131 Å². The molecule has 25 heteroatoms. The molecule has 5 aromatic carbocycles. The minimum atomic E-state index is -4.42. The van der Waals surface area contributed by atoms with Gasteiger partial charge in [0.05, 0.1) is 53.5 Å². The highest BCUT2D eigenvalue weighted by Crippen LogP contribution is 2.48. The predicted octanol–water partition coefficient (Wildman–Crippen LogP) is 12.9. The third-order valence-corrected chi connectivity index (χ3v) is 18.0. The van der Waals surface area contributed by atoms with Crippen LogP contribution in [0, 0.1) is 0 Å². The zero-order valence-electron chi connectivity index (χ0n) is 50.2. The van der Waals surface area contributed by atoms with Gasteiger partial charge >= 0.3 is 27.4 Å². The number of nitrogens with zero attached hydrogens (tertiary/aromatic N) is 6. The summed E-state index contributed by atoms with van der Waals surface area (Å²) in [4.78, 5) is 46.4. The molecule has 0 spiro atoms. The van der Waals surface area contributed by atoms with Gasteiger partial charge in [-0.05, 0) is 126 Å². The first-order valence-corrected chi connectivity index (χ1v) is 32.6. The lowest BCUT2D eigenvalue weighted by molar-refractivity contribution is -0.150. The molecule has 9 aromatic rings. The number of fused-ring (bicyclic) bond motifs is 7. The Kier molecular flexibility index (Phi) is 20.9. The van der Waals surface area contributed by atoms with Gasteiger partial charge in [0.15, 0.2) is 11.6 Å². The highest BCUT2D eigenvalue weighted by Gasteiger charge is 2.37. The summed E-state index contributed by atoms with van der Waals surface area (Å²) in [6, 6.07) is 29.3. The van der Waals surface area contributed by atoms with Crippen molar-refractivity contribution in [1.29, 1.82) is 0 Å². The molecule has 0 amide bonds. The number of benzene rings is 5. The SMILES string of the molecule is CCOCc1nc2c(N)nc3cc(CC(C)OC(=O)[C@H](C)N[P@](=O)(OC[C@H](CC)n4c(COCC)nc5c(N)nc6ccccc6c54)Oc4ccc5ccccc5c4)ccc3c2n1[C@H](CC)CO[P@@](=O)(N[C@@H](C)C(=O)OC(C)C)Oc1ccc(Cl)cc1. The molecule has 0 saturated heterocycles. The second-order valence-electron chi connectivity index (χ2n) is 21.3. The third-order valence-electron chi connectivity index (χ3n) is 14.4. The van der Waals surface area contributed by atoms with E-state index in [-0.39, 0.29) is 56.0 Å². The van der Waals surface area contributed by atoms with E-state index in [4.69, 9.17) is 75.1 Å². The second-order valence-corrected chi connectivity index (χ2v) is 25.1. The lowest BCUT2D eigenvalue weighted by atomic mass is 10.0. The summed E-state index contributed by atoms with van der Waals surface area (Å²) in [7, 11) is -8.73. The Bertz CT molecular complexity index is 4020. The predicted molar refractivity (Wildman–Crippen MR) is 338 cm³/mol. The Hall–Kier alpha value is -7.23.